The third kappa shape index (κ3) is 2.95. The minimum absolute atomic E-state index is 0.0596. The van der Waals surface area contributed by atoms with E-state index in [1.165, 1.54) is 17.8 Å². The third-order valence-corrected chi connectivity index (χ3v) is 3.69. The van der Waals surface area contributed by atoms with E-state index in [0.717, 1.165) is 24.5 Å². The number of nitrogen functional groups attached to an aromatic ring is 1. The summed E-state index contributed by atoms with van der Waals surface area (Å²) in [6, 6.07) is 0.360. The Labute approximate surface area is 99.3 Å². The van der Waals surface area contributed by atoms with Crippen molar-refractivity contribution in [3.63, 3.8) is 0 Å². The Morgan fingerprint density at radius 3 is 3.06 bits per heavy atom. The Morgan fingerprint density at radius 2 is 2.50 bits per heavy atom. The second-order valence-corrected chi connectivity index (χ2v) is 5.43. The van der Waals surface area contributed by atoms with Crippen molar-refractivity contribution in [2.24, 2.45) is 5.92 Å². The van der Waals surface area contributed by atoms with Gasteiger partial charge in [-0.3, -0.25) is 4.79 Å². The number of carbonyl (C=O) groups is 1. The number of hydrogen-bond donors (Lipinski definition) is 2. The molecule has 4 nitrogen and oxygen atoms in total. The molecule has 1 fully saturated rings. The molecular weight excluding hydrogens is 222 g/mol. The first-order chi connectivity index (χ1) is 7.63. The first-order valence-corrected chi connectivity index (χ1v) is 6.50. The number of thiazole rings is 1. The summed E-state index contributed by atoms with van der Waals surface area (Å²) in [5.41, 5.74) is 6.28. The maximum Gasteiger partial charge on any atom is 0.226 e. The van der Waals surface area contributed by atoms with Gasteiger partial charge in [0.2, 0.25) is 5.91 Å². The second-order valence-electron chi connectivity index (χ2n) is 4.54. The van der Waals surface area contributed by atoms with Gasteiger partial charge in [-0.1, -0.05) is 6.92 Å². The smallest absolute Gasteiger partial charge is 0.226 e. The molecule has 0 bridgehead atoms. The summed E-state index contributed by atoms with van der Waals surface area (Å²) in [6.45, 7) is 2.23. The van der Waals surface area contributed by atoms with Gasteiger partial charge in [0.1, 0.15) is 0 Å². The van der Waals surface area contributed by atoms with Gasteiger partial charge in [-0.15, -0.1) is 11.3 Å². The Hall–Kier alpha value is -1.10. The van der Waals surface area contributed by atoms with Gasteiger partial charge in [0.25, 0.3) is 0 Å². The summed E-state index contributed by atoms with van der Waals surface area (Å²) in [5.74, 6) is 0.796. The van der Waals surface area contributed by atoms with Gasteiger partial charge in [-0.25, -0.2) is 4.98 Å². The van der Waals surface area contributed by atoms with Gasteiger partial charge in [-0.2, -0.15) is 0 Å². The average Bonchev–Trinajstić information content (AvgIpc) is 2.76. The number of nitrogens with zero attached hydrogens (tertiary/aromatic N) is 1. The largest absolute Gasteiger partial charge is 0.375 e. The van der Waals surface area contributed by atoms with Crippen molar-refractivity contribution in [2.75, 3.05) is 5.73 Å². The number of hydrogen-bond acceptors (Lipinski definition) is 4. The van der Waals surface area contributed by atoms with E-state index in [4.69, 9.17) is 5.73 Å². The minimum atomic E-state index is 0.0596. The average molecular weight is 239 g/mol. The van der Waals surface area contributed by atoms with E-state index in [2.05, 4.69) is 17.2 Å². The van der Waals surface area contributed by atoms with Crippen LogP contribution in [0.4, 0.5) is 5.13 Å². The van der Waals surface area contributed by atoms with Crippen molar-refractivity contribution in [3.8, 4) is 0 Å². The fourth-order valence-electron chi connectivity index (χ4n) is 2.19. The van der Waals surface area contributed by atoms with Gasteiger partial charge in [-0.05, 0) is 25.2 Å². The van der Waals surface area contributed by atoms with Crippen molar-refractivity contribution in [1.29, 1.82) is 0 Å². The highest BCUT2D eigenvalue weighted by atomic mass is 32.1. The van der Waals surface area contributed by atoms with E-state index in [1.807, 2.05) is 5.38 Å². The number of nitrogens with two attached hydrogens (primary N) is 1. The van der Waals surface area contributed by atoms with Crippen molar-refractivity contribution in [1.82, 2.24) is 10.3 Å². The SMILES string of the molecule is CC1CCC(NC(=O)Cc2csc(N)n2)C1. The van der Waals surface area contributed by atoms with E-state index in [9.17, 15) is 4.79 Å². The molecule has 16 heavy (non-hydrogen) atoms. The molecule has 1 saturated carbocycles. The highest BCUT2D eigenvalue weighted by molar-refractivity contribution is 7.13. The predicted octanol–water partition coefficient (Wildman–Crippen LogP) is 1.57. The number of nitrogens with one attached hydrogen (secondary N) is 1. The molecule has 1 amide bonds. The molecule has 1 aliphatic carbocycles. The van der Waals surface area contributed by atoms with Crippen LogP contribution in [0, 0.1) is 5.92 Å². The second kappa shape index (κ2) is 4.82. The number of carbonyl (C=O) groups excluding carboxylic acids is 1. The molecule has 1 aliphatic rings. The number of aromatic nitrogens is 1. The number of rotatable bonds is 3. The molecule has 0 aromatic carbocycles. The van der Waals surface area contributed by atoms with E-state index in [1.54, 1.807) is 0 Å². The summed E-state index contributed by atoms with van der Waals surface area (Å²) in [6.07, 6.45) is 3.77. The monoisotopic (exact) mass is 239 g/mol. The molecule has 1 aromatic rings. The maximum absolute atomic E-state index is 11.7. The van der Waals surface area contributed by atoms with Crippen LogP contribution in [-0.4, -0.2) is 16.9 Å². The molecule has 1 heterocycles. The van der Waals surface area contributed by atoms with Crippen LogP contribution >= 0.6 is 11.3 Å². The lowest BCUT2D eigenvalue weighted by molar-refractivity contribution is -0.121. The first-order valence-electron chi connectivity index (χ1n) is 5.62. The van der Waals surface area contributed by atoms with Crippen LogP contribution in [0.5, 0.6) is 0 Å². The summed E-state index contributed by atoms with van der Waals surface area (Å²) in [7, 11) is 0. The summed E-state index contributed by atoms with van der Waals surface area (Å²) >= 11 is 1.38. The molecule has 0 radical (unpaired) electrons. The van der Waals surface area contributed by atoms with Crippen molar-refractivity contribution >= 4 is 22.4 Å². The lowest BCUT2D eigenvalue weighted by Crippen LogP contribution is -2.34. The fourth-order valence-corrected chi connectivity index (χ4v) is 2.75. The van der Waals surface area contributed by atoms with Gasteiger partial charge in [0.15, 0.2) is 5.13 Å². The highest BCUT2D eigenvalue weighted by Gasteiger charge is 2.22. The lowest BCUT2D eigenvalue weighted by Gasteiger charge is -2.11. The maximum atomic E-state index is 11.7. The zero-order valence-electron chi connectivity index (χ0n) is 9.40. The molecule has 88 valence electrons. The summed E-state index contributed by atoms with van der Waals surface area (Å²) in [5, 5.41) is 5.42. The minimum Gasteiger partial charge on any atom is -0.375 e. The van der Waals surface area contributed by atoms with Gasteiger partial charge >= 0.3 is 0 Å². The van der Waals surface area contributed by atoms with E-state index >= 15 is 0 Å². The van der Waals surface area contributed by atoms with Crippen LogP contribution in [0.15, 0.2) is 5.38 Å². The van der Waals surface area contributed by atoms with Crippen LogP contribution in [0.3, 0.4) is 0 Å². The summed E-state index contributed by atoms with van der Waals surface area (Å²) in [4.78, 5) is 15.8. The van der Waals surface area contributed by atoms with E-state index in [-0.39, 0.29) is 5.91 Å². The fraction of sp³-hybridized carbons (Fsp3) is 0.636. The standard InChI is InChI=1S/C11H17N3OS/c1-7-2-3-8(4-7)13-10(15)5-9-6-16-11(12)14-9/h6-8H,2-5H2,1H3,(H2,12,14)(H,13,15). The van der Waals surface area contributed by atoms with Crippen LogP contribution < -0.4 is 11.1 Å². The molecule has 0 saturated heterocycles. The lowest BCUT2D eigenvalue weighted by atomic mass is 10.1. The normalized spacial score (nSPS) is 24.6. The zero-order chi connectivity index (χ0) is 11.5. The van der Waals surface area contributed by atoms with Gasteiger partial charge in [0, 0.05) is 11.4 Å². The zero-order valence-corrected chi connectivity index (χ0v) is 10.2. The first kappa shape index (κ1) is 11.4. The van der Waals surface area contributed by atoms with Crippen LogP contribution in [0.1, 0.15) is 31.9 Å². The Balaban J connectivity index is 1.80. The van der Waals surface area contributed by atoms with Crippen LogP contribution in [0.25, 0.3) is 0 Å². The molecule has 1 aromatic heterocycles. The molecule has 0 aliphatic heterocycles. The molecule has 2 atom stereocenters. The Bertz CT molecular complexity index is 377. The van der Waals surface area contributed by atoms with Crippen LogP contribution in [-0.2, 0) is 11.2 Å². The van der Waals surface area contributed by atoms with Crippen molar-refractivity contribution < 1.29 is 4.79 Å². The topological polar surface area (TPSA) is 68.0 Å². The molecule has 0 spiro atoms. The summed E-state index contributed by atoms with van der Waals surface area (Å²) < 4.78 is 0. The van der Waals surface area contributed by atoms with E-state index < -0.39 is 0 Å². The van der Waals surface area contributed by atoms with Gasteiger partial charge in [0.05, 0.1) is 12.1 Å². The molecule has 3 N–H and O–H groups in total. The Morgan fingerprint density at radius 1 is 1.69 bits per heavy atom. The molecule has 5 heteroatoms. The Kier molecular flexibility index (Phi) is 3.43. The van der Waals surface area contributed by atoms with Gasteiger partial charge < -0.3 is 11.1 Å². The highest BCUT2D eigenvalue weighted by Crippen LogP contribution is 2.24. The van der Waals surface area contributed by atoms with Crippen molar-refractivity contribution in [3.05, 3.63) is 11.1 Å². The van der Waals surface area contributed by atoms with E-state index in [0.29, 0.717) is 17.6 Å². The molecule has 2 unspecified atom stereocenters. The molecule has 2 rings (SSSR count). The predicted molar refractivity (Wildman–Crippen MR) is 65.2 cm³/mol. The third-order valence-electron chi connectivity index (χ3n) is 2.97. The van der Waals surface area contributed by atoms with Crippen LogP contribution in [0.2, 0.25) is 0 Å². The molecular formula is C11H17N3OS. The number of amides is 1. The number of anilines is 1. The quantitative estimate of drug-likeness (QED) is 0.841. The van der Waals surface area contributed by atoms with Crippen molar-refractivity contribution in [2.45, 2.75) is 38.6 Å².